The molecule has 0 spiro atoms. The lowest BCUT2D eigenvalue weighted by Gasteiger charge is -2.11. The summed E-state index contributed by atoms with van der Waals surface area (Å²) in [6.07, 6.45) is 2.21. The van der Waals surface area contributed by atoms with Gasteiger partial charge in [0.2, 0.25) is 0 Å². The van der Waals surface area contributed by atoms with Gasteiger partial charge in [0, 0.05) is 0 Å². The van der Waals surface area contributed by atoms with Crippen LogP contribution in [0.5, 0.6) is 0 Å². The van der Waals surface area contributed by atoms with E-state index >= 15 is 0 Å². The average Bonchev–Trinajstić information content (AvgIpc) is 2.55. The number of amides is 1. The summed E-state index contributed by atoms with van der Waals surface area (Å²) in [5.74, 6) is -0.505. The number of carbonyl (C=O) groups is 2. The molecule has 0 aromatic heterocycles. The van der Waals surface area contributed by atoms with Gasteiger partial charge in [0.05, 0.1) is 11.3 Å². The number of hydrogen-bond acceptors (Lipinski definition) is 2. The van der Waals surface area contributed by atoms with Crippen LogP contribution in [0.3, 0.4) is 0 Å². The molecule has 1 aromatic carbocycles. The van der Waals surface area contributed by atoms with E-state index < -0.39 is 11.7 Å². The van der Waals surface area contributed by atoms with Gasteiger partial charge >= 0.3 is 0 Å². The Hall–Kier alpha value is -1.64. The molecule has 1 atom stereocenters. The third kappa shape index (κ3) is 1.73. The van der Waals surface area contributed by atoms with Gasteiger partial charge in [-0.2, -0.15) is 0 Å². The van der Waals surface area contributed by atoms with Gasteiger partial charge in [-0.05, 0) is 30.0 Å². The van der Waals surface area contributed by atoms with Crippen LogP contribution in [0.25, 0.3) is 0 Å². The van der Waals surface area contributed by atoms with Crippen LogP contribution in [0.1, 0.15) is 48.5 Å². The summed E-state index contributed by atoms with van der Waals surface area (Å²) >= 11 is 0. The summed E-state index contributed by atoms with van der Waals surface area (Å²) in [4.78, 5) is 22.7. The second-order valence-electron chi connectivity index (χ2n) is 4.28. The Balaban J connectivity index is 2.34. The fraction of sp³-hybridized carbons (Fsp3) is 0.385. The highest BCUT2D eigenvalue weighted by atomic mass is 16.2. The molecule has 1 unspecified atom stereocenters. The summed E-state index contributed by atoms with van der Waals surface area (Å²) in [7, 11) is 0. The van der Waals surface area contributed by atoms with Gasteiger partial charge in [-0.15, -0.1) is 0 Å². The smallest absolute Gasteiger partial charge is 0.296 e. The molecule has 16 heavy (non-hydrogen) atoms. The molecule has 3 heteroatoms. The van der Waals surface area contributed by atoms with E-state index in [9.17, 15) is 9.59 Å². The molecule has 0 aliphatic carbocycles. The minimum absolute atomic E-state index is 0.416. The maximum absolute atomic E-state index is 11.5. The summed E-state index contributed by atoms with van der Waals surface area (Å²) in [5, 5.41) is 2.56. The molecule has 1 aromatic rings. The Morgan fingerprint density at radius 2 is 2.06 bits per heavy atom. The number of fused-ring (bicyclic) bond motifs is 1. The first-order valence-corrected chi connectivity index (χ1v) is 5.63. The van der Waals surface area contributed by atoms with Gasteiger partial charge in [0.25, 0.3) is 11.7 Å². The average molecular weight is 217 g/mol. The van der Waals surface area contributed by atoms with Crippen LogP contribution in [0.4, 0.5) is 5.69 Å². The molecule has 0 saturated carbocycles. The number of nitrogens with one attached hydrogen (secondary N) is 1. The van der Waals surface area contributed by atoms with Gasteiger partial charge in [-0.3, -0.25) is 9.59 Å². The van der Waals surface area contributed by atoms with Crippen molar-refractivity contribution in [3.05, 3.63) is 29.3 Å². The van der Waals surface area contributed by atoms with Crippen molar-refractivity contribution >= 4 is 17.4 Å². The summed E-state index contributed by atoms with van der Waals surface area (Å²) in [5.41, 5.74) is 2.29. The molecule has 0 fully saturated rings. The van der Waals surface area contributed by atoms with E-state index in [1.54, 1.807) is 0 Å². The zero-order valence-electron chi connectivity index (χ0n) is 9.54. The highest BCUT2D eigenvalue weighted by molar-refractivity contribution is 6.51. The quantitative estimate of drug-likeness (QED) is 0.791. The Bertz CT molecular complexity index is 451. The molecule has 1 aliphatic rings. The van der Waals surface area contributed by atoms with Crippen molar-refractivity contribution in [2.24, 2.45) is 0 Å². The van der Waals surface area contributed by atoms with Crippen LogP contribution >= 0.6 is 0 Å². The normalized spacial score (nSPS) is 15.9. The highest BCUT2D eigenvalue weighted by Crippen LogP contribution is 2.28. The molecule has 0 bridgehead atoms. The van der Waals surface area contributed by atoms with E-state index in [-0.39, 0.29) is 0 Å². The molecular weight excluding hydrogens is 202 g/mol. The minimum Gasteiger partial charge on any atom is -0.318 e. The number of Topliss-reactive ketones (excluding diaryl/α,β-unsaturated/α-hetero) is 1. The number of hydrogen-bond donors (Lipinski definition) is 1. The zero-order chi connectivity index (χ0) is 11.7. The van der Waals surface area contributed by atoms with Crippen LogP contribution in [0.15, 0.2) is 18.2 Å². The van der Waals surface area contributed by atoms with Crippen molar-refractivity contribution < 1.29 is 9.59 Å². The lowest BCUT2D eigenvalue weighted by Crippen LogP contribution is -2.12. The first-order valence-electron chi connectivity index (χ1n) is 5.63. The van der Waals surface area contributed by atoms with E-state index in [1.165, 1.54) is 0 Å². The van der Waals surface area contributed by atoms with Crippen LogP contribution in [-0.2, 0) is 4.79 Å². The third-order valence-corrected chi connectivity index (χ3v) is 3.03. The van der Waals surface area contributed by atoms with Gasteiger partial charge in [-0.1, -0.05) is 26.3 Å². The van der Waals surface area contributed by atoms with Crippen molar-refractivity contribution in [1.29, 1.82) is 0 Å². The largest absolute Gasteiger partial charge is 0.318 e. The Morgan fingerprint density at radius 3 is 2.75 bits per heavy atom. The van der Waals surface area contributed by atoms with Crippen LogP contribution in [0, 0.1) is 0 Å². The van der Waals surface area contributed by atoms with E-state index in [0.29, 0.717) is 17.2 Å². The minimum atomic E-state index is -0.518. The van der Waals surface area contributed by atoms with E-state index in [1.807, 2.05) is 18.2 Å². The number of anilines is 1. The van der Waals surface area contributed by atoms with Crippen molar-refractivity contribution in [3.63, 3.8) is 0 Å². The van der Waals surface area contributed by atoms with E-state index in [0.717, 1.165) is 18.4 Å². The number of carbonyl (C=O) groups excluding carboxylic acids is 2. The van der Waals surface area contributed by atoms with E-state index in [2.05, 4.69) is 19.2 Å². The maximum atomic E-state index is 11.5. The molecule has 1 heterocycles. The zero-order valence-corrected chi connectivity index (χ0v) is 9.54. The van der Waals surface area contributed by atoms with Crippen LogP contribution < -0.4 is 5.32 Å². The molecular formula is C13H15NO2. The van der Waals surface area contributed by atoms with E-state index in [4.69, 9.17) is 0 Å². The Labute approximate surface area is 94.9 Å². The summed E-state index contributed by atoms with van der Waals surface area (Å²) < 4.78 is 0. The molecule has 3 nitrogen and oxygen atoms in total. The molecule has 1 N–H and O–H groups in total. The Morgan fingerprint density at radius 1 is 1.31 bits per heavy atom. The first kappa shape index (κ1) is 10.9. The number of ketones is 1. The third-order valence-electron chi connectivity index (χ3n) is 3.03. The monoisotopic (exact) mass is 217 g/mol. The molecule has 84 valence electrons. The van der Waals surface area contributed by atoms with Crippen molar-refractivity contribution in [1.82, 2.24) is 0 Å². The summed E-state index contributed by atoms with van der Waals surface area (Å²) in [6.45, 7) is 4.28. The van der Waals surface area contributed by atoms with Crippen LogP contribution in [-0.4, -0.2) is 11.7 Å². The van der Waals surface area contributed by atoms with Gasteiger partial charge in [0.1, 0.15) is 0 Å². The molecule has 1 aliphatic heterocycles. The Kier molecular flexibility index (Phi) is 2.77. The lowest BCUT2D eigenvalue weighted by molar-refractivity contribution is -0.112. The fourth-order valence-electron chi connectivity index (χ4n) is 2.07. The molecule has 1 amide bonds. The van der Waals surface area contributed by atoms with Crippen LogP contribution in [0.2, 0.25) is 0 Å². The predicted octanol–water partition coefficient (Wildman–Crippen LogP) is 2.73. The van der Waals surface area contributed by atoms with Gasteiger partial charge in [0.15, 0.2) is 0 Å². The SMILES string of the molecule is CCCC(C)c1ccc2c(c1)C(=O)C(=O)N2. The number of benzene rings is 1. The molecule has 0 radical (unpaired) electrons. The summed E-state index contributed by atoms with van der Waals surface area (Å²) in [6, 6.07) is 5.65. The van der Waals surface area contributed by atoms with Gasteiger partial charge in [-0.25, -0.2) is 0 Å². The molecule has 0 saturated heterocycles. The maximum Gasteiger partial charge on any atom is 0.296 e. The van der Waals surface area contributed by atoms with Crippen molar-refractivity contribution in [2.45, 2.75) is 32.6 Å². The lowest BCUT2D eigenvalue weighted by atomic mass is 9.94. The molecule has 2 rings (SSSR count). The standard InChI is InChI=1S/C13H15NO2/c1-3-4-8(2)9-5-6-11-10(7-9)12(15)13(16)14-11/h5-8H,3-4H2,1-2H3,(H,14,15,16). The van der Waals surface area contributed by atoms with Crippen molar-refractivity contribution in [2.75, 3.05) is 5.32 Å². The van der Waals surface area contributed by atoms with Gasteiger partial charge < -0.3 is 5.32 Å². The second-order valence-corrected chi connectivity index (χ2v) is 4.28. The highest BCUT2D eigenvalue weighted by Gasteiger charge is 2.28. The first-order chi connectivity index (χ1) is 7.63. The fourth-order valence-corrected chi connectivity index (χ4v) is 2.07. The van der Waals surface area contributed by atoms with Crippen molar-refractivity contribution in [3.8, 4) is 0 Å². The predicted molar refractivity (Wildman–Crippen MR) is 62.7 cm³/mol. The topological polar surface area (TPSA) is 46.2 Å². The number of rotatable bonds is 3. The second kappa shape index (κ2) is 4.08.